The Morgan fingerprint density at radius 3 is 2.55 bits per heavy atom. The lowest BCUT2D eigenvalue weighted by molar-refractivity contribution is -0.114. The van der Waals surface area contributed by atoms with Crippen LogP contribution in [-0.4, -0.2) is 30.3 Å². The lowest BCUT2D eigenvalue weighted by Crippen LogP contribution is -2.24. The van der Waals surface area contributed by atoms with E-state index in [1.54, 1.807) is 30.3 Å². The van der Waals surface area contributed by atoms with Crippen LogP contribution in [-0.2, 0) is 33.2 Å². The molecule has 1 N–H and O–H groups in total. The third kappa shape index (κ3) is 4.89. The van der Waals surface area contributed by atoms with Crippen molar-refractivity contribution in [1.82, 2.24) is 10.2 Å². The Morgan fingerprint density at radius 1 is 1.00 bits per heavy atom. The van der Waals surface area contributed by atoms with E-state index in [0.717, 1.165) is 18.4 Å². The highest BCUT2D eigenvalue weighted by atomic mass is 32.2. The lowest BCUT2D eigenvalue weighted by atomic mass is 9.90. The molecule has 1 amide bonds. The summed E-state index contributed by atoms with van der Waals surface area (Å²) >= 11 is 0. The zero-order valence-electron chi connectivity index (χ0n) is 15.8. The van der Waals surface area contributed by atoms with Gasteiger partial charge in [-0.15, -0.1) is 5.10 Å². The summed E-state index contributed by atoms with van der Waals surface area (Å²) in [6.07, 6.45) is 4.48. The average Bonchev–Trinajstić information content (AvgIpc) is 3.15. The molecule has 0 atom stereocenters. The molecule has 3 aromatic rings. The topological polar surface area (TPSA) is 102 Å². The number of hydrogen-bond acceptors (Lipinski definition) is 6. The fraction of sp³-hybridized carbons (Fsp3) is 0.286. The molecule has 2 aromatic carbocycles. The van der Waals surface area contributed by atoms with Crippen LogP contribution in [0, 0.1) is 0 Å². The maximum Gasteiger partial charge on any atom is 0.322 e. The van der Waals surface area contributed by atoms with Gasteiger partial charge in [-0.25, -0.2) is 8.42 Å². The molecule has 0 bridgehead atoms. The number of anilines is 1. The van der Waals surface area contributed by atoms with Crippen molar-refractivity contribution in [3.63, 3.8) is 0 Å². The minimum absolute atomic E-state index is 0.113. The molecule has 1 aromatic heterocycles. The van der Waals surface area contributed by atoms with Crippen molar-refractivity contribution in [2.24, 2.45) is 0 Å². The van der Waals surface area contributed by atoms with Gasteiger partial charge in [0.15, 0.2) is 9.84 Å². The number of carbonyl (C=O) groups is 1. The number of nitrogens with zero attached hydrogens (tertiary/aromatic N) is 2. The van der Waals surface area contributed by atoms with Crippen LogP contribution >= 0.6 is 0 Å². The molecule has 150 valence electrons. The molecule has 8 heteroatoms. The maximum atomic E-state index is 12.2. The average molecular weight is 411 g/mol. The van der Waals surface area contributed by atoms with Gasteiger partial charge in [0.1, 0.15) is 5.75 Å². The summed E-state index contributed by atoms with van der Waals surface area (Å²) in [5.41, 5.74) is 4.05. The minimum atomic E-state index is -3.61. The van der Waals surface area contributed by atoms with Crippen LogP contribution < -0.4 is 5.32 Å². The third-order valence-electron chi connectivity index (χ3n) is 4.85. The standard InChI is InChI=1S/C21H21N3O4S/c25-19(14-29(26,27)13-15-6-2-1-3-7-15)22-21-24-23-20(28-21)18-11-10-16-8-4-5-9-17(16)12-18/h1-3,6-7,10-12H,4-5,8-9,13-14H2,(H,22,24,25). The van der Waals surface area contributed by atoms with Gasteiger partial charge in [-0.2, -0.15) is 0 Å². The predicted octanol–water partition coefficient (Wildman–Crippen LogP) is 3.17. The van der Waals surface area contributed by atoms with Crippen LogP contribution in [0.25, 0.3) is 11.5 Å². The normalized spacial score (nSPS) is 13.7. The number of sulfone groups is 1. The Morgan fingerprint density at radius 2 is 1.76 bits per heavy atom. The number of benzene rings is 2. The van der Waals surface area contributed by atoms with Gasteiger partial charge in [0.25, 0.3) is 0 Å². The predicted molar refractivity (Wildman–Crippen MR) is 109 cm³/mol. The van der Waals surface area contributed by atoms with Crippen LogP contribution in [0.2, 0.25) is 0 Å². The van der Waals surface area contributed by atoms with E-state index in [4.69, 9.17) is 4.42 Å². The van der Waals surface area contributed by atoms with E-state index in [-0.39, 0.29) is 11.8 Å². The van der Waals surface area contributed by atoms with Crippen molar-refractivity contribution in [3.8, 4) is 11.5 Å². The zero-order valence-corrected chi connectivity index (χ0v) is 16.6. The van der Waals surface area contributed by atoms with E-state index in [1.807, 2.05) is 12.1 Å². The second-order valence-corrected chi connectivity index (χ2v) is 9.23. The molecule has 1 aliphatic carbocycles. The number of rotatable bonds is 6. The summed E-state index contributed by atoms with van der Waals surface area (Å²) in [5.74, 6) is -1.27. The minimum Gasteiger partial charge on any atom is -0.403 e. The molecule has 1 heterocycles. The van der Waals surface area contributed by atoms with E-state index in [0.29, 0.717) is 11.5 Å². The van der Waals surface area contributed by atoms with Crippen LogP contribution in [0.4, 0.5) is 6.01 Å². The quantitative estimate of drug-likeness (QED) is 0.668. The van der Waals surface area contributed by atoms with E-state index in [1.165, 1.54) is 24.0 Å². The number of fused-ring (bicyclic) bond motifs is 1. The van der Waals surface area contributed by atoms with Gasteiger partial charge in [-0.05, 0) is 54.5 Å². The summed E-state index contributed by atoms with van der Waals surface area (Å²) in [4.78, 5) is 12.1. The van der Waals surface area contributed by atoms with Crippen molar-refractivity contribution in [1.29, 1.82) is 0 Å². The van der Waals surface area contributed by atoms with Crippen LogP contribution in [0.1, 0.15) is 29.5 Å². The molecule has 0 unspecified atom stereocenters. The van der Waals surface area contributed by atoms with Gasteiger partial charge < -0.3 is 4.42 Å². The number of amides is 1. The molecule has 1 aliphatic rings. The summed E-state index contributed by atoms with van der Waals surface area (Å²) in [6.45, 7) is 0. The highest BCUT2D eigenvalue weighted by Crippen LogP contribution is 2.27. The smallest absolute Gasteiger partial charge is 0.322 e. The molecule has 4 rings (SSSR count). The van der Waals surface area contributed by atoms with Crippen LogP contribution in [0.15, 0.2) is 52.9 Å². The monoisotopic (exact) mass is 411 g/mol. The Hall–Kier alpha value is -3.00. The summed E-state index contributed by atoms with van der Waals surface area (Å²) in [5, 5.41) is 10.2. The fourth-order valence-corrected chi connectivity index (χ4v) is 4.77. The first kappa shape index (κ1) is 19.3. The highest BCUT2D eigenvalue weighted by Gasteiger charge is 2.20. The van der Waals surface area contributed by atoms with Gasteiger partial charge in [-0.1, -0.05) is 41.5 Å². The molecule has 7 nitrogen and oxygen atoms in total. The van der Waals surface area contributed by atoms with Crippen molar-refractivity contribution in [2.45, 2.75) is 31.4 Å². The van der Waals surface area contributed by atoms with Crippen molar-refractivity contribution in [2.75, 3.05) is 11.1 Å². The highest BCUT2D eigenvalue weighted by molar-refractivity contribution is 7.91. The molecule has 0 saturated heterocycles. The van der Waals surface area contributed by atoms with Crippen molar-refractivity contribution >= 4 is 21.8 Å². The zero-order chi connectivity index (χ0) is 20.3. The number of hydrogen-bond donors (Lipinski definition) is 1. The summed E-state index contributed by atoms with van der Waals surface area (Å²) in [7, 11) is -3.61. The Kier molecular flexibility index (Phi) is 5.44. The van der Waals surface area contributed by atoms with E-state index in [9.17, 15) is 13.2 Å². The van der Waals surface area contributed by atoms with Gasteiger partial charge in [0.2, 0.25) is 11.8 Å². The number of carbonyl (C=O) groups excluding carboxylic acids is 1. The van der Waals surface area contributed by atoms with Crippen LogP contribution in [0.3, 0.4) is 0 Å². The van der Waals surface area contributed by atoms with Crippen molar-refractivity contribution in [3.05, 3.63) is 65.2 Å². The molecular weight excluding hydrogens is 390 g/mol. The number of aromatic nitrogens is 2. The first-order valence-corrected chi connectivity index (χ1v) is 11.3. The molecular formula is C21H21N3O4S. The molecule has 0 aliphatic heterocycles. The second kappa shape index (κ2) is 8.16. The number of nitrogens with one attached hydrogen (secondary N) is 1. The van der Waals surface area contributed by atoms with Gasteiger partial charge >= 0.3 is 6.01 Å². The van der Waals surface area contributed by atoms with E-state index < -0.39 is 21.5 Å². The summed E-state index contributed by atoms with van der Waals surface area (Å²) < 4.78 is 30.0. The van der Waals surface area contributed by atoms with Crippen LogP contribution in [0.5, 0.6) is 0 Å². The molecule has 29 heavy (non-hydrogen) atoms. The van der Waals surface area contributed by atoms with Gasteiger partial charge in [0.05, 0.1) is 5.75 Å². The fourth-order valence-electron chi connectivity index (χ4n) is 3.49. The largest absolute Gasteiger partial charge is 0.403 e. The molecule has 0 spiro atoms. The SMILES string of the molecule is O=C(CS(=O)(=O)Cc1ccccc1)Nc1nnc(-c2ccc3c(c2)CCCC3)o1. The number of aryl methyl sites for hydroxylation is 2. The second-order valence-electron chi connectivity index (χ2n) is 7.17. The molecule has 0 fully saturated rings. The Bertz CT molecular complexity index is 1120. The maximum absolute atomic E-state index is 12.2. The third-order valence-corrected chi connectivity index (χ3v) is 6.32. The lowest BCUT2D eigenvalue weighted by Gasteiger charge is -2.15. The van der Waals surface area contributed by atoms with E-state index >= 15 is 0 Å². The first-order chi connectivity index (χ1) is 14.0. The van der Waals surface area contributed by atoms with E-state index in [2.05, 4.69) is 21.6 Å². The Balaban J connectivity index is 1.40. The summed E-state index contributed by atoms with van der Waals surface area (Å²) in [6, 6.07) is 14.7. The molecule has 0 saturated carbocycles. The van der Waals surface area contributed by atoms with Gasteiger partial charge in [-0.3, -0.25) is 10.1 Å². The first-order valence-electron chi connectivity index (χ1n) is 9.48. The van der Waals surface area contributed by atoms with Gasteiger partial charge in [0, 0.05) is 5.56 Å². The van der Waals surface area contributed by atoms with Crippen molar-refractivity contribution < 1.29 is 17.6 Å². The molecule has 0 radical (unpaired) electrons. The Labute approximate surface area is 169 Å².